The summed E-state index contributed by atoms with van der Waals surface area (Å²) >= 11 is 0. The molecule has 0 unspecified atom stereocenters. The molecule has 14 heavy (non-hydrogen) atoms. The van der Waals surface area contributed by atoms with E-state index in [0.29, 0.717) is 0 Å². The van der Waals surface area contributed by atoms with Crippen molar-refractivity contribution in [2.24, 2.45) is 5.73 Å². The summed E-state index contributed by atoms with van der Waals surface area (Å²) in [7, 11) is 0. The van der Waals surface area contributed by atoms with Crippen LogP contribution in [-0.2, 0) is 4.79 Å². The quantitative estimate of drug-likeness (QED) is 0.764. The fraction of sp³-hybridized carbons (Fsp3) is 0.364. The van der Waals surface area contributed by atoms with E-state index in [9.17, 15) is 4.79 Å². The normalized spacial score (nSPS) is 14.8. The predicted octanol–water partition coefficient (Wildman–Crippen LogP) is 1.51. The van der Waals surface area contributed by atoms with Gasteiger partial charge in [0.05, 0.1) is 0 Å². The molecule has 0 aromatic heterocycles. The van der Waals surface area contributed by atoms with Crippen LogP contribution in [0, 0.1) is 6.92 Å². The molecule has 0 aliphatic carbocycles. The van der Waals surface area contributed by atoms with Crippen LogP contribution in [-0.4, -0.2) is 17.1 Å². The van der Waals surface area contributed by atoms with Crippen LogP contribution in [0.1, 0.15) is 24.0 Å². The number of carbonyl (C=O) groups is 1. The van der Waals surface area contributed by atoms with E-state index in [1.807, 2.05) is 38.1 Å². The lowest BCUT2D eigenvalue weighted by Gasteiger charge is -2.18. The van der Waals surface area contributed by atoms with Crippen LogP contribution in [0.5, 0.6) is 0 Å². The number of carboxylic acids is 1. The Kier molecular flexibility index (Phi) is 3.25. The van der Waals surface area contributed by atoms with Crippen LogP contribution in [0.15, 0.2) is 24.3 Å². The van der Waals surface area contributed by atoms with Gasteiger partial charge < -0.3 is 10.8 Å². The molecule has 0 fully saturated rings. The summed E-state index contributed by atoms with van der Waals surface area (Å²) in [6.45, 7) is 3.79. The van der Waals surface area contributed by atoms with E-state index in [0.717, 1.165) is 11.1 Å². The highest BCUT2D eigenvalue weighted by atomic mass is 16.4. The highest BCUT2D eigenvalue weighted by Crippen LogP contribution is 2.21. The number of carboxylic acid groups (broad SMARTS) is 1. The van der Waals surface area contributed by atoms with Crippen LogP contribution in [0.4, 0.5) is 0 Å². The minimum Gasteiger partial charge on any atom is -0.480 e. The molecule has 1 aromatic carbocycles. The van der Waals surface area contributed by atoms with E-state index in [1.165, 1.54) is 0 Å². The Morgan fingerprint density at radius 2 is 2.00 bits per heavy atom. The van der Waals surface area contributed by atoms with Crippen LogP contribution in [0.25, 0.3) is 0 Å². The average Bonchev–Trinajstić information content (AvgIpc) is 2.16. The lowest BCUT2D eigenvalue weighted by atomic mass is 9.91. The summed E-state index contributed by atoms with van der Waals surface area (Å²) < 4.78 is 0. The van der Waals surface area contributed by atoms with Crippen molar-refractivity contribution < 1.29 is 9.90 Å². The van der Waals surface area contributed by atoms with Gasteiger partial charge in [0.25, 0.3) is 0 Å². The second-order valence-electron chi connectivity index (χ2n) is 3.51. The van der Waals surface area contributed by atoms with Crippen molar-refractivity contribution in [2.75, 3.05) is 0 Å². The van der Waals surface area contributed by atoms with Gasteiger partial charge in [-0.25, -0.2) is 0 Å². The molecule has 3 N–H and O–H groups in total. The van der Waals surface area contributed by atoms with Gasteiger partial charge in [-0.05, 0) is 18.1 Å². The molecule has 3 nitrogen and oxygen atoms in total. The molecule has 0 radical (unpaired) electrons. The second kappa shape index (κ2) is 4.24. The fourth-order valence-electron chi connectivity index (χ4n) is 1.50. The van der Waals surface area contributed by atoms with E-state index >= 15 is 0 Å². The Labute approximate surface area is 83.6 Å². The van der Waals surface area contributed by atoms with Gasteiger partial charge in [0.1, 0.15) is 6.04 Å². The maximum atomic E-state index is 10.7. The van der Waals surface area contributed by atoms with E-state index in [-0.39, 0.29) is 5.92 Å². The van der Waals surface area contributed by atoms with E-state index < -0.39 is 12.0 Å². The SMILES string of the molecule is Cc1ccccc1[C@@H](C)[C@@H](N)C(=O)O. The lowest BCUT2D eigenvalue weighted by molar-refractivity contribution is -0.139. The number of hydrogen-bond acceptors (Lipinski definition) is 2. The summed E-state index contributed by atoms with van der Waals surface area (Å²) in [5.41, 5.74) is 7.64. The third-order valence-corrected chi connectivity index (χ3v) is 2.50. The molecular formula is C11H15NO2. The molecule has 0 heterocycles. The molecule has 0 spiro atoms. The third kappa shape index (κ3) is 2.12. The predicted molar refractivity (Wildman–Crippen MR) is 55.2 cm³/mol. The zero-order valence-electron chi connectivity index (χ0n) is 8.40. The smallest absolute Gasteiger partial charge is 0.321 e. The highest BCUT2D eigenvalue weighted by molar-refractivity contribution is 5.74. The van der Waals surface area contributed by atoms with Gasteiger partial charge in [-0.2, -0.15) is 0 Å². The molecule has 0 saturated carbocycles. The molecule has 0 saturated heterocycles. The Hall–Kier alpha value is -1.35. The first-order valence-corrected chi connectivity index (χ1v) is 4.58. The van der Waals surface area contributed by atoms with Crippen LogP contribution in [0.2, 0.25) is 0 Å². The van der Waals surface area contributed by atoms with Crippen molar-refractivity contribution in [3.8, 4) is 0 Å². The van der Waals surface area contributed by atoms with E-state index in [1.54, 1.807) is 0 Å². The molecular weight excluding hydrogens is 178 g/mol. The maximum absolute atomic E-state index is 10.7. The minimum atomic E-state index is -0.958. The van der Waals surface area contributed by atoms with Crippen molar-refractivity contribution >= 4 is 5.97 Å². The maximum Gasteiger partial charge on any atom is 0.321 e. The van der Waals surface area contributed by atoms with Crippen molar-refractivity contribution in [1.29, 1.82) is 0 Å². The molecule has 1 aromatic rings. The van der Waals surface area contributed by atoms with Crippen LogP contribution in [0.3, 0.4) is 0 Å². The van der Waals surface area contributed by atoms with Gasteiger partial charge in [0, 0.05) is 5.92 Å². The summed E-state index contributed by atoms with van der Waals surface area (Å²) in [6.07, 6.45) is 0. The molecule has 0 aliphatic rings. The Morgan fingerprint density at radius 1 is 1.43 bits per heavy atom. The molecule has 3 heteroatoms. The number of benzene rings is 1. The number of hydrogen-bond donors (Lipinski definition) is 2. The zero-order chi connectivity index (χ0) is 10.7. The average molecular weight is 193 g/mol. The van der Waals surface area contributed by atoms with Crippen molar-refractivity contribution in [3.05, 3.63) is 35.4 Å². The van der Waals surface area contributed by atoms with Gasteiger partial charge in [-0.3, -0.25) is 4.79 Å². The first-order valence-electron chi connectivity index (χ1n) is 4.58. The van der Waals surface area contributed by atoms with Crippen molar-refractivity contribution in [1.82, 2.24) is 0 Å². The summed E-state index contributed by atoms with van der Waals surface area (Å²) in [5.74, 6) is -1.12. The third-order valence-electron chi connectivity index (χ3n) is 2.50. The second-order valence-corrected chi connectivity index (χ2v) is 3.51. The van der Waals surface area contributed by atoms with Gasteiger partial charge >= 0.3 is 5.97 Å². The number of rotatable bonds is 3. The first kappa shape index (κ1) is 10.7. The van der Waals surface area contributed by atoms with Crippen molar-refractivity contribution in [3.63, 3.8) is 0 Å². The van der Waals surface area contributed by atoms with E-state index in [4.69, 9.17) is 10.8 Å². The molecule has 0 amide bonds. The highest BCUT2D eigenvalue weighted by Gasteiger charge is 2.22. The van der Waals surface area contributed by atoms with Crippen LogP contribution < -0.4 is 5.73 Å². The van der Waals surface area contributed by atoms with Crippen LogP contribution >= 0.6 is 0 Å². The minimum absolute atomic E-state index is 0.159. The summed E-state index contributed by atoms with van der Waals surface area (Å²) in [4.78, 5) is 10.7. The molecule has 76 valence electrons. The topological polar surface area (TPSA) is 63.3 Å². The molecule has 1 rings (SSSR count). The monoisotopic (exact) mass is 193 g/mol. The van der Waals surface area contributed by atoms with Gasteiger partial charge in [-0.1, -0.05) is 31.2 Å². The molecule has 0 aliphatic heterocycles. The lowest BCUT2D eigenvalue weighted by Crippen LogP contribution is -2.35. The molecule has 0 bridgehead atoms. The van der Waals surface area contributed by atoms with Gasteiger partial charge in [0.15, 0.2) is 0 Å². The Bertz CT molecular complexity index is 336. The Morgan fingerprint density at radius 3 is 2.50 bits per heavy atom. The Balaban J connectivity index is 2.94. The van der Waals surface area contributed by atoms with Gasteiger partial charge in [-0.15, -0.1) is 0 Å². The van der Waals surface area contributed by atoms with Crippen molar-refractivity contribution in [2.45, 2.75) is 25.8 Å². The molecule has 2 atom stereocenters. The number of aryl methyl sites for hydroxylation is 1. The number of nitrogens with two attached hydrogens (primary N) is 1. The first-order chi connectivity index (χ1) is 6.54. The largest absolute Gasteiger partial charge is 0.480 e. The van der Waals surface area contributed by atoms with Gasteiger partial charge in [0.2, 0.25) is 0 Å². The zero-order valence-corrected chi connectivity index (χ0v) is 8.40. The fourth-order valence-corrected chi connectivity index (χ4v) is 1.50. The summed E-state index contributed by atoms with van der Waals surface area (Å²) in [6, 6.07) is 6.87. The number of aliphatic carboxylic acids is 1. The van der Waals surface area contributed by atoms with E-state index in [2.05, 4.69) is 0 Å². The standard InChI is InChI=1S/C11H15NO2/c1-7-5-3-4-6-9(7)8(2)10(12)11(13)14/h3-6,8,10H,12H2,1-2H3,(H,13,14)/t8-,10-/m1/s1. The summed E-state index contributed by atoms with van der Waals surface area (Å²) in [5, 5.41) is 8.78.